The van der Waals surface area contributed by atoms with Gasteiger partial charge in [0.1, 0.15) is 5.82 Å². The first-order chi connectivity index (χ1) is 8.65. The van der Waals surface area contributed by atoms with Gasteiger partial charge in [0.15, 0.2) is 0 Å². The highest BCUT2D eigenvalue weighted by atomic mass is 35.5. The Morgan fingerprint density at radius 2 is 2.06 bits per heavy atom. The third kappa shape index (κ3) is 3.48. The number of hydrogen-bond acceptors (Lipinski definition) is 3. The molecule has 0 atom stereocenters. The first kappa shape index (κ1) is 12.9. The van der Waals surface area contributed by atoms with Gasteiger partial charge in [0.05, 0.1) is 11.4 Å². The standard InChI is InChI=1S/C13H13ClFN3/c1-9-5-18-12(8-17-9)7-16-6-10-2-3-11(14)4-13(10)15/h2-5,8,16H,6-7H2,1H3. The predicted octanol–water partition coefficient (Wildman–Crippen LogP) is 2.87. The largest absolute Gasteiger partial charge is 0.307 e. The lowest BCUT2D eigenvalue weighted by Crippen LogP contribution is -2.14. The van der Waals surface area contributed by atoms with E-state index in [4.69, 9.17) is 11.6 Å². The number of aryl methyl sites for hydroxylation is 1. The van der Waals surface area contributed by atoms with E-state index in [1.165, 1.54) is 6.07 Å². The molecule has 0 saturated carbocycles. The molecular weight excluding hydrogens is 253 g/mol. The average Bonchev–Trinajstić information content (AvgIpc) is 2.34. The van der Waals surface area contributed by atoms with E-state index in [-0.39, 0.29) is 5.82 Å². The molecule has 0 aliphatic carbocycles. The number of nitrogens with one attached hydrogen (secondary N) is 1. The van der Waals surface area contributed by atoms with Crippen molar-refractivity contribution >= 4 is 11.6 Å². The highest BCUT2D eigenvalue weighted by molar-refractivity contribution is 6.30. The molecule has 3 nitrogen and oxygen atoms in total. The zero-order valence-electron chi connectivity index (χ0n) is 9.95. The fourth-order valence-electron chi connectivity index (χ4n) is 1.50. The van der Waals surface area contributed by atoms with Crippen molar-refractivity contribution in [2.75, 3.05) is 0 Å². The third-order valence-corrected chi connectivity index (χ3v) is 2.71. The minimum atomic E-state index is -0.301. The molecule has 0 fully saturated rings. The zero-order chi connectivity index (χ0) is 13.0. The molecule has 5 heteroatoms. The Morgan fingerprint density at radius 1 is 1.22 bits per heavy atom. The molecule has 0 aliphatic heterocycles. The lowest BCUT2D eigenvalue weighted by molar-refractivity contribution is 0.585. The van der Waals surface area contributed by atoms with E-state index < -0.39 is 0 Å². The van der Waals surface area contributed by atoms with E-state index in [1.54, 1.807) is 24.5 Å². The van der Waals surface area contributed by atoms with Crippen LogP contribution in [0.15, 0.2) is 30.6 Å². The zero-order valence-corrected chi connectivity index (χ0v) is 10.7. The van der Waals surface area contributed by atoms with E-state index in [9.17, 15) is 4.39 Å². The van der Waals surface area contributed by atoms with Crippen LogP contribution in [-0.4, -0.2) is 9.97 Å². The minimum Gasteiger partial charge on any atom is -0.307 e. The van der Waals surface area contributed by atoms with Crippen molar-refractivity contribution in [1.82, 2.24) is 15.3 Å². The molecule has 0 spiro atoms. The third-order valence-electron chi connectivity index (χ3n) is 2.47. The highest BCUT2D eigenvalue weighted by Gasteiger charge is 2.02. The van der Waals surface area contributed by atoms with Crippen molar-refractivity contribution < 1.29 is 4.39 Å². The van der Waals surface area contributed by atoms with Gasteiger partial charge in [-0.3, -0.25) is 9.97 Å². The molecule has 94 valence electrons. The van der Waals surface area contributed by atoms with Gasteiger partial charge >= 0.3 is 0 Å². The van der Waals surface area contributed by atoms with Crippen LogP contribution in [-0.2, 0) is 13.1 Å². The highest BCUT2D eigenvalue weighted by Crippen LogP contribution is 2.14. The van der Waals surface area contributed by atoms with Gasteiger partial charge in [-0.2, -0.15) is 0 Å². The van der Waals surface area contributed by atoms with Gasteiger partial charge in [-0.25, -0.2) is 4.39 Å². The summed E-state index contributed by atoms with van der Waals surface area (Å²) in [6.45, 7) is 2.86. The fraction of sp³-hybridized carbons (Fsp3) is 0.231. The number of nitrogens with zero attached hydrogens (tertiary/aromatic N) is 2. The lowest BCUT2D eigenvalue weighted by atomic mass is 10.2. The molecule has 1 aromatic heterocycles. The molecule has 0 saturated heterocycles. The van der Waals surface area contributed by atoms with E-state index in [1.807, 2.05) is 6.92 Å². The van der Waals surface area contributed by atoms with Crippen LogP contribution in [0.2, 0.25) is 5.02 Å². The first-order valence-electron chi connectivity index (χ1n) is 5.57. The normalized spacial score (nSPS) is 10.6. The molecular formula is C13H13ClFN3. The second-order valence-corrected chi connectivity index (χ2v) is 4.42. The molecule has 18 heavy (non-hydrogen) atoms. The number of aromatic nitrogens is 2. The van der Waals surface area contributed by atoms with Crippen molar-refractivity contribution in [2.24, 2.45) is 0 Å². The maximum atomic E-state index is 13.5. The van der Waals surface area contributed by atoms with E-state index in [0.717, 1.165) is 11.4 Å². The Morgan fingerprint density at radius 3 is 2.72 bits per heavy atom. The molecule has 1 aromatic carbocycles. The SMILES string of the molecule is Cc1cnc(CNCc2ccc(Cl)cc2F)cn1. The van der Waals surface area contributed by atoms with Crippen molar-refractivity contribution in [2.45, 2.75) is 20.0 Å². The van der Waals surface area contributed by atoms with E-state index in [0.29, 0.717) is 23.7 Å². The summed E-state index contributed by atoms with van der Waals surface area (Å²) in [5, 5.41) is 3.52. The van der Waals surface area contributed by atoms with Crippen LogP contribution < -0.4 is 5.32 Å². The van der Waals surface area contributed by atoms with Crippen LogP contribution in [0.5, 0.6) is 0 Å². The molecule has 2 rings (SSSR count). The van der Waals surface area contributed by atoms with Gasteiger partial charge < -0.3 is 5.32 Å². The van der Waals surface area contributed by atoms with Crippen LogP contribution in [0.3, 0.4) is 0 Å². The molecule has 0 amide bonds. The van der Waals surface area contributed by atoms with Crippen LogP contribution in [0.1, 0.15) is 17.0 Å². The minimum absolute atomic E-state index is 0.301. The lowest BCUT2D eigenvalue weighted by Gasteiger charge is -2.06. The second-order valence-electron chi connectivity index (χ2n) is 3.99. The average molecular weight is 266 g/mol. The van der Waals surface area contributed by atoms with Gasteiger partial charge in [-0.15, -0.1) is 0 Å². The number of benzene rings is 1. The predicted molar refractivity (Wildman–Crippen MR) is 68.7 cm³/mol. The van der Waals surface area contributed by atoms with Gasteiger partial charge in [-0.05, 0) is 19.1 Å². The molecule has 0 aliphatic rings. The summed E-state index contributed by atoms with van der Waals surface area (Å²) in [5.41, 5.74) is 2.29. The molecule has 1 N–H and O–H groups in total. The summed E-state index contributed by atoms with van der Waals surface area (Å²) in [5.74, 6) is -0.301. The summed E-state index contributed by atoms with van der Waals surface area (Å²) in [6, 6.07) is 4.66. The molecule has 2 aromatic rings. The van der Waals surface area contributed by atoms with Crippen molar-refractivity contribution in [1.29, 1.82) is 0 Å². The molecule has 0 unspecified atom stereocenters. The number of hydrogen-bond donors (Lipinski definition) is 1. The Kier molecular flexibility index (Phi) is 4.23. The Bertz CT molecular complexity index is 528. The Hall–Kier alpha value is -1.52. The van der Waals surface area contributed by atoms with Gasteiger partial charge in [-0.1, -0.05) is 17.7 Å². The summed E-state index contributed by atoms with van der Waals surface area (Å²) < 4.78 is 13.5. The summed E-state index contributed by atoms with van der Waals surface area (Å²) in [6.07, 6.45) is 3.42. The van der Waals surface area contributed by atoms with Crippen molar-refractivity contribution in [3.63, 3.8) is 0 Å². The molecule has 0 bridgehead atoms. The fourth-order valence-corrected chi connectivity index (χ4v) is 1.66. The number of halogens is 2. The summed E-state index contributed by atoms with van der Waals surface area (Å²) >= 11 is 5.68. The van der Waals surface area contributed by atoms with E-state index >= 15 is 0 Å². The van der Waals surface area contributed by atoms with Gasteiger partial charge in [0.2, 0.25) is 0 Å². The van der Waals surface area contributed by atoms with Crippen molar-refractivity contribution in [3.05, 3.63) is 58.4 Å². The molecule has 1 heterocycles. The topological polar surface area (TPSA) is 37.8 Å². The van der Waals surface area contributed by atoms with Crippen LogP contribution in [0, 0.1) is 12.7 Å². The Labute approximate surface area is 110 Å². The maximum absolute atomic E-state index is 13.5. The summed E-state index contributed by atoms with van der Waals surface area (Å²) in [4.78, 5) is 8.35. The number of rotatable bonds is 4. The van der Waals surface area contributed by atoms with Crippen LogP contribution in [0.4, 0.5) is 4.39 Å². The Balaban J connectivity index is 1.90. The summed E-state index contributed by atoms with van der Waals surface area (Å²) in [7, 11) is 0. The van der Waals surface area contributed by atoms with Crippen LogP contribution in [0.25, 0.3) is 0 Å². The van der Waals surface area contributed by atoms with Crippen molar-refractivity contribution in [3.8, 4) is 0 Å². The second kappa shape index (κ2) is 5.89. The van der Waals surface area contributed by atoms with Crippen LogP contribution >= 0.6 is 11.6 Å². The van der Waals surface area contributed by atoms with E-state index in [2.05, 4.69) is 15.3 Å². The molecule has 0 radical (unpaired) electrons. The first-order valence-corrected chi connectivity index (χ1v) is 5.95. The van der Waals surface area contributed by atoms with Gasteiger partial charge in [0.25, 0.3) is 0 Å². The smallest absolute Gasteiger partial charge is 0.129 e. The monoisotopic (exact) mass is 265 g/mol. The maximum Gasteiger partial charge on any atom is 0.129 e. The van der Waals surface area contributed by atoms with Gasteiger partial charge in [0, 0.05) is 36.1 Å². The quantitative estimate of drug-likeness (QED) is 0.924.